The topological polar surface area (TPSA) is 49.4 Å². The molecular formula is C14H24N2O2. The van der Waals surface area contributed by atoms with Gasteiger partial charge in [0.25, 0.3) is 0 Å². The highest BCUT2D eigenvalue weighted by Gasteiger charge is 2.40. The summed E-state index contributed by atoms with van der Waals surface area (Å²) < 4.78 is 0. The Morgan fingerprint density at radius 1 is 1.17 bits per heavy atom. The number of carbonyl (C=O) groups excluding carboxylic acids is 2. The molecule has 4 heteroatoms. The highest BCUT2D eigenvalue weighted by Crippen LogP contribution is 2.38. The quantitative estimate of drug-likeness (QED) is 0.813. The highest BCUT2D eigenvalue weighted by molar-refractivity contribution is 5.92. The molecular weight excluding hydrogens is 228 g/mol. The molecule has 0 aromatic rings. The van der Waals surface area contributed by atoms with Gasteiger partial charge in [-0.05, 0) is 32.1 Å². The lowest BCUT2D eigenvalue weighted by molar-refractivity contribution is -0.138. The third kappa shape index (κ3) is 2.68. The van der Waals surface area contributed by atoms with E-state index in [0.717, 1.165) is 6.54 Å². The molecule has 102 valence electrons. The molecule has 18 heavy (non-hydrogen) atoms. The summed E-state index contributed by atoms with van der Waals surface area (Å²) in [5.41, 5.74) is -0.512. The summed E-state index contributed by atoms with van der Waals surface area (Å²) in [6, 6.07) is 0. The highest BCUT2D eigenvalue weighted by atomic mass is 16.2. The van der Waals surface area contributed by atoms with Gasteiger partial charge < -0.3 is 10.2 Å². The fourth-order valence-electron chi connectivity index (χ4n) is 3.20. The van der Waals surface area contributed by atoms with Gasteiger partial charge in [0.2, 0.25) is 11.8 Å². The zero-order valence-electron chi connectivity index (χ0n) is 11.7. The van der Waals surface area contributed by atoms with Crippen molar-refractivity contribution < 1.29 is 9.59 Å². The Hall–Kier alpha value is -1.06. The Bertz CT molecular complexity index is 357. The predicted octanol–water partition coefficient (Wildman–Crippen LogP) is 1.69. The Morgan fingerprint density at radius 3 is 2.39 bits per heavy atom. The van der Waals surface area contributed by atoms with Gasteiger partial charge in [-0.3, -0.25) is 9.59 Å². The summed E-state index contributed by atoms with van der Waals surface area (Å²) in [5, 5.41) is 2.81. The second-order valence-electron chi connectivity index (χ2n) is 6.67. The Morgan fingerprint density at radius 2 is 1.78 bits per heavy atom. The van der Waals surface area contributed by atoms with Gasteiger partial charge in [-0.2, -0.15) is 0 Å². The molecule has 2 aliphatic rings. The van der Waals surface area contributed by atoms with Crippen molar-refractivity contribution in [2.24, 2.45) is 5.41 Å². The van der Waals surface area contributed by atoms with E-state index in [1.807, 2.05) is 4.90 Å². The molecule has 0 bridgehead atoms. The van der Waals surface area contributed by atoms with Gasteiger partial charge in [-0.25, -0.2) is 0 Å². The first-order valence-electron chi connectivity index (χ1n) is 6.93. The minimum absolute atomic E-state index is 0.0209. The van der Waals surface area contributed by atoms with Crippen LogP contribution in [0, 0.1) is 5.41 Å². The van der Waals surface area contributed by atoms with Crippen LogP contribution in [0.4, 0.5) is 0 Å². The van der Waals surface area contributed by atoms with Crippen LogP contribution < -0.4 is 5.32 Å². The second-order valence-corrected chi connectivity index (χ2v) is 6.67. The Balaban J connectivity index is 2.11. The number of nitrogens with one attached hydrogen (secondary N) is 1. The SMILES string of the molecule is CC1(CN2CCC(=O)NC(C)(C)C2=O)CCCC1. The van der Waals surface area contributed by atoms with Crippen LogP contribution in [0.5, 0.6) is 0 Å². The van der Waals surface area contributed by atoms with Crippen molar-refractivity contribution in [1.29, 1.82) is 0 Å². The number of rotatable bonds is 2. The summed E-state index contributed by atoms with van der Waals surface area (Å²) in [6.45, 7) is 7.21. The summed E-state index contributed by atoms with van der Waals surface area (Å²) in [7, 11) is 0. The van der Waals surface area contributed by atoms with E-state index in [4.69, 9.17) is 0 Å². The molecule has 2 rings (SSSR count). The molecule has 0 spiro atoms. The first-order chi connectivity index (χ1) is 8.32. The van der Waals surface area contributed by atoms with E-state index in [1.54, 1.807) is 13.8 Å². The lowest BCUT2D eigenvalue weighted by Crippen LogP contribution is -2.54. The minimum Gasteiger partial charge on any atom is -0.342 e. The molecule has 0 radical (unpaired) electrons. The standard InChI is InChI=1S/C14H24N2O2/c1-13(2)12(18)16(9-6-11(17)15-13)10-14(3)7-4-5-8-14/h4-10H2,1-3H3,(H,15,17). The van der Waals surface area contributed by atoms with Crippen molar-refractivity contribution in [3.05, 3.63) is 0 Å². The van der Waals surface area contributed by atoms with Gasteiger partial charge >= 0.3 is 0 Å². The fourth-order valence-corrected chi connectivity index (χ4v) is 3.20. The lowest BCUT2D eigenvalue weighted by Gasteiger charge is -2.35. The third-order valence-corrected chi connectivity index (χ3v) is 4.27. The number of hydrogen-bond acceptors (Lipinski definition) is 2. The Labute approximate surface area is 109 Å². The first-order valence-corrected chi connectivity index (χ1v) is 6.93. The summed E-state index contributed by atoms with van der Waals surface area (Å²) >= 11 is 0. The maximum atomic E-state index is 12.5. The van der Waals surface area contributed by atoms with Crippen LogP contribution in [-0.4, -0.2) is 35.3 Å². The number of carbonyl (C=O) groups is 2. The number of amides is 2. The zero-order valence-corrected chi connectivity index (χ0v) is 11.7. The Kier molecular flexibility index (Phi) is 3.39. The molecule has 1 aliphatic heterocycles. The molecule has 1 saturated heterocycles. The molecule has 0 aromatic carbocycles. The molecule has 1 N–H and O–H groups in total. The largest absolute Gasteiger partial charge is 0.342 e. The van der Waals surface area contributed by atoms with Gasteiger partial charge in [0.15, 0.2) is 0 Å². The van der Waals surface area contributed by atoms with Crippen molar-refractivity contribution in [2.45, 2.75) is 58.4 Å². The third-order valence-electron chi connectivity index (χ3n) is 4.27. The number of hydrogen-bond donors (Lipinski definition) is 1. The van der Waals surface area contributed by atoms with Gasteiger partial charge in [-0.15, -0.1) is 0 Å². The predicted molar refractivity (Wildman–Crippen MR) is 70.0 cm³/mol. The van der Waals surface area contributed by atoms with Crippen molar-refractivity contribution in [2.75, 3.05) is 13.1 Å². The monoisotopic (exact) mass is 252 g/mol. The van der Waals surface area contributed by atoms with Crippen LogP contribution in [0.1, 0.15) is 52.9 Å². The molecule has 1 saturated carbocycles. The average Bonchev–Trinajstić information content (AvgIpc) is 2.66. The van der Waals surface area contributed by atoms with Gasteiger partial charge in [0.05, 0.1) is 0 Å². The smallest absolute Gasteiger partial charge is 0.247 e. The molecule has 0 atom stereocenters. The van der Waals surface area contributed by atoms with Crippen LogP contribution in [0.15, 0.2) is 0 Å². The summed E-state index contributed by atoms with van der Waals surface area (Å²) in [6.07, 6.45) is 5.33. The first kappa shape index (κ1) is 13.4. The average molecular weight is 252 g/mol. The van der Waals surface area contributed by atoms with E-state index < -0.39 is 5.54 Å². The van der Waals surface area contributed by atoms with E-state index in [2.05, 4.69) is 12.2 Å². The van der Waals surface area contributed by atoms with Crippen molar-refractivity contribution in [1.82, 2.24) is 10.2 Å². The van der Waals surface area contributed by atoms with E-state index in [9.17, 15) is 9.59 Å². The normalized spacial score (nSPS) is 26.9. The van der Waals surface area contributed by atoms with Crippen molar-refractivity contribution in [3.8, 4) is 0 Å². The lowest BCUT2D eigenvalue weighted by atomic mass is 9.87. The molecule has 1 heterocycles. The molecule has 0 aromatic heterocycles. The van der Waals surface area contributed by atoms with Gasteiger partial charge in [0.1, 0.15) is 5.54 Å². The maximum Gasteiger partial charge on any atom is 0.247 e. The van der Waals surface area contributed by atoms with Gasteiger partial charge in [-0.1, -0.05) is 19.8 Å². The molecule has 4 nitrogen and oxygen atoms in total. The fraction of sp³-hybridized carbons (Fsp3) is 0.857. The van der Waals surface area contributed by atoms with Crippen LogP contribution >= 0.6 is 0 Å². The number of nitrogens with zero attached hydrogens (tertiary/aromatic N) is 1. The molecule has 2 amide bonds. The molecule has 0 unspecified atom stereocenters. The summed E-state index contributed by atoms with van der Waals surface area (Å²) in [4.78, 5) is 26.0. The second kappa shape index (κ2) is 4.56. The van der Waals surface area contributed by atoms with Crippen LogP contribution in [-0.2, 0) is 9.59 Å². The molecule has 1 aliphatic carbocycles. The minimum atomic E-state index is -0.761. The molecule has 2 fully saturated rings. The zero-order chi connectivity index (χ0) is 13.4. The van der Waals surface area contributed by atoms with Crippen LogP contribution in [0.2, 0.25) is 0 Å². The van der Waals surface area contributed by atoms with Crippen LogP contribution in [0.25, 0.3) is 0 Å². The summed E-state index contributed by atoms with van der Waals surface area (Å²) in [5.74, 6) is 0.0360. The van der Waals surface area contributed by atoms with E-state index >= 15 is 0 Å². The van der Waals surface area contributed by atoms with Gasteiger partial charge in [0, 0.05) is 19.5 Å². The van der Waals surface area contributed by atoms with Crippen molar-refractivity contribution >= 4 is 11.8 Å². The van der Waals surface area contributed by atoms with Crippen LogP contribution in [0.3, 0.4) is 0 Å². The van der Waals surface area contributed by atoms with Crippen molar-refractivity contribution in [3.63, 3.8) is 0 Å². The van der Waals surface area contributed by atoms with E-state index in [0.29, 0.717) is 13.0 Å². The van der Waals surface area contributed by atoms with E-state index in [-0.39, 0.29) is 17.2 Å². The maximum absolute atomic E-state index is 12.5. The van der Waals surface area contributed by atoms with E-state index in [1.165, 1.54) is 25.7 Å².